The second kappa shape index (κ2) is 26.3. The number of amides is 1. The fourth-order valence-electron chi connectivity index (χ4n) is 3.79. The first-order valence-electron chi connectivity index (χ1n) is 16.9. The molecule has 0 radical (unpaired) electrons. The number of carbonyl (C=O) groups is 1. The predicted octanol–water partition coefficient (Wildman–Crippen LogP) is 10.00. The topological polar surface area (TPSA) is 88.1 Å². The van der Waals surface area contributed by atoms with Crippen LogP contribution in [0.5, 0.6) is 28.7 Å². The SMILES string of the molecule is C/C=C\C.CC.CC.CC.COc1cc(C2=NN(C(C)=O)C(C)C2)cc(OC)c1OC.COc1ccccc1OC(C)(C)C(C)(C)OC. The van der Waals surface area contributed by atoms with Gasteiger partial charge in [0.15, 0.2) is 23.0 Å². The molecule has 3 rings (SSSR count). The molecule has 1 amide bonds. The predicted molar refractivity (Wildman–Crippen MR) is 203 cm³/mol. The van der Waals surface area contributed by atoms with Gasteiger partial charge in [0.25, 0.3) is 0 Å². The third-order valence-corrected chi connectivity index (χ3v) is 7.18. The van der Waals surface area contributed by atoms with Crippen molar-refractivity contribution in [2.45, 2.75) is 121 Å². The zero-order valence-electron chi connectivity index (χ0n) is 33.7. The van der Waals surface area contributed by atoms with E-state index in [1.54, 1.807) is 35.5 Å². The Labute approximate surface area is 293 Å². The number of ether oxygens (including phenoxy) is 6. The summed E-state index contributed by atoms with van der Waals surface area (Å²) in [6, 6.07) is 11.4. The van der Waals surface area contributed by atoms with Gasteiger partial charge in [-0.2, -0.15) is 5.10 Å². The Kier molecular flexibility index (Phi) is 26.6. The van der Waals surface area contributed by atoms with E-state index in [1.165, 1.54) is 11.9 Å². The van der Waals surface area contributed by atoms with Crippen LogP contribution in [-0.4, -0.2) is 69.4 Å². The van der Waals surface area contributed by atoms with Crippen molar-refractivity contribution in [2.75, 3.05) is 35.5 Å². The summed E-state index contributed by atoms with van der Waals surface area (Å²) in [5.41, 5.74) is 0.835. The number of benzene rings is 2. The summed E-state index contributed by atoms with van der Waals surface area (Å²) in [5, 5.41) is 5.89. The summed E-state index contributed by atoms with van der Waals surface area (Å²) < 4.78 is 32.8. The minimum Gasteiger partial charge on any atom is -0.493 e. The highest BCUT2D eigenvalue weighted by molar-refractivity contribution is 6.03. The molecule has 1 heterocycles. The molecule has 0 N–H and O–H groups in total. The molecular weight excluding hydrogens is 608 g/mol. The third kappa shape index (κ3) is 15.0. The third-order valence-electron chi connectivity index (χ3n) is 7.18. The van der Waals surface area contributed by atoms with Crippen molar-refractivity contribution in [3.8, 4) is 28.7 Å². The minimum absolute atomic E-state index is 0.0524. The molecule has 0 spiro atoms. The lowest BCUT2D eigenvalue weighted by molar-refractivity contribution is -0.130. The van der Waals surface area contributed by atoms with E-state index in [9.17, 15) is 4.79 Å². The number of nitrogens with zero attached hydrogens (tertiary/aromatic N) is 2. The van der Waals surface area contributed by atoms with Crippen LogP contribution >= 0.6 is 0 Å². The van der Waals surface area contributed by atoms with Crippen LogP contribution in [0, 0.1) is 0 Å². The Morgan fingerprint density at radius 2 is 1.19 bits per heavy atom. The highest BCUT2D eigenvalue weighted by Gasteiger charge is 2.40. The molecule has 0 bridgehead atoms. The van der Waals surface area contributed by atoms with Crippen LogP contribution in [0.4, 0.5) is 0 Å². The molecule has 0 fully saturated rings. The lowest BCUT2D eigenvalue weighted by Gasteiger charge is -2.40. The first-order chi connectivity index (χ1) is 22.8. The number of carbonyl (C=O) groups excluding carboxylic acids is 1. The molecule has 2 aromatic rings. The first-order valence-corrected chi connectivity index (χ1v) is 16.9. The van der Waals surface area contributed by atoms with Gasteiger partial charge in [0.2, 0.25) is 11.7 Å². The number of methoxy groups -OCH3 is 5. The maximum atomic E-state index is 11.5. The second-order valence-corrected chi connectivity index (χ2v) is 10.5. The summed E-state index contributed by atoms with van der Waals surface area (Å²) in [6.07, 6.45) is 4.69. The van der Waals surface area contributed by atoms with Crippen molar-refractivity contribution < 1.29 is 33.2 Å². The van der Waals surface area contributed by atoms with Gasteiger partial charge in [-0.1, -0.05) is 65.8 Å². The van der Waals surface area contributed by atoms with Gasteiger partial charge in [-0.3, -0.25) is 4.79 Å². The Bertz CT molecular complexity index is 1180. The summed E-state index contributed by atoms with van der Waals surface area (Å²) >= 11 is 0. The molecule has 0 aliphatic carbocycles. The lowest BCUT2D eigenvalue weighted by atomic mass is 9.89. The molecule has 1 unspecified atom stereocenters. The molecule has 1 atom stereocenters. The van der Waals surface area contributed by atoms with E-state index in [1.807, 2.05) is 139 Å². The van der Waals surface area contributed by atoms with Crippen molar-refractivity contribution in [1.29, 1.82) is 0 Å². The molecule has 0 saturated heterocycles. The van der Waals surface area contributed by atoms with Crippen LogP contribution < -0.4 is 23.7 Å². The average molecular weight is 677 g/mol. The zero-order chi connectivity index (χ0) is 38.1. The lowest BCUT2D eigenvalue weighted by Crippen LogP contribution is -2.51. The number of allylic oxidation sites excluding steroid dienone is 2. The molecule has 276 valence electrons. The van der Waals surface area contributed by atoms with Crippen LogP contribution in [0.2, 0.25) is 0 Å². The van der Waals surface area contributed by atoms with Gasteiger partial charge in [-0.15, -0.1) is 0 Å². The van der Waals surface area contributed by atoms with Crippen molar-refractivity contribution >= 4 is 11.6 Å². The fraction of sp³-hybridized carbons (Fsp3) is 0.590. The Hall–Kier alpha value is -3.72. The number of hydrogen-bond acceptors (Lipinski definition) is 8. The van der Waals surface area contributed by atoms with E-state index in [4.69, 9.17) is 28.4 Å². The molecule has 1 aliphatic rings. The molecule has 48 heavy (non-hydrogen) atoms. The molecule has 9 nitrogen and oxygen atoms in total. The first kappa shape index (κ1) is 48.7. The number of para-hydroxylation sites is 2. The number of hydrazone groups is 1. The second-order valence-electron chi connectivity index (χ2n) is 10.5. The molecule has 2 aromatic carbocycles. The van der Waals surface area contributed by atoms with Crippen LogP contribution in [-0.2, 0) is 9.53 Å². The van der Waals surface area contributed by atoms with E-state index < -0.39 is 11.2 Å². The monoisotopic (exact) mass is 677 g/mol. The quantitative estimate of drug-likeness (QED) is 0.244. The maximum absolute atomic E-state index is 11.5. The van der Waals surface area contributed by atoms with Crippen LogP contribution in [0.3, 0.4) is 0 Å². The van der Waals surface area contributed by atoms with E-state index in [2.05, 4.69) is 5.10 Å². The smallest absolute Gasteiger partial charge is 0.239 e. The van der Waals surface area contributed by atoms with Crippen molar-refractivity contribution in [3.63, 3.8) is 0 Å². The minimum atomic E-state index is -0.462. The maximum Gasteiger partial charge on any atom is 0.239 e. The van der Waals surface area contributed by atoms with Gasteiger partial charge in [0.1, 0.15) is 11.2 Å². The summed E-state index contributed by atoms with van der Waals surface area (Å²) in [5.74, 6) is 3.08. The van der Waals surface area contributed by atoms with Gasteiger partial charge in [-0.05, 0) is 72.7 Å². The van der Waals surface area contributed by atoms with E-state index >= 15 is 0 Å². The van der Waals surface area contributed by atoms with Gasteiger partial charge in [-0.25, -0.2) is 5.01 Å². The summed E-state index contributed by atoms with van der Waals surface area (Å²) in [6.45, 7) is 27.5. The van der Waals surface area contributed by atoms with Crippen LogP contribution in [0.15, 0.2) is 53.7 Å². The van der Waals surface area contributed by atoms with E-state index in [0.717, 1.165) is 22.8 Å². The van der Waals surface area contributed by atoms with Crippen LogP contribution in [0.1, 0.15) is 109 Å². The van der Waals surface area contributed by atoms with E-state index in [0.29, 0.717) is 23.7 Å². The van der Waals surface area contributed by atoms with Crippen molar-refractivity contribution in [2.24, 2.45) is 5.10 Å². The number of hydrogen-bond donors (Lipinski definition) is 0. The fourth-order valence-corrected chi connectivity index (χ4v) is 3.79. The molecule has 9 heteroatoms. The van der Waals surface area contributed by atoms with Crippen molar-refractivity contribution in [3.05, 3.63) is 54.1 Å². The molecular formula is C39H68N2O7. The molecule has 1 aliphatic heterocycles. The standard InChI is InChI=1S/C15H20N2O4.C14H22O3.C4H8.3C2H6/c1-9-6-12(16-17(9)10(2)18)11-7-13(19-3)15(21-5)14(8-11)20-4;1-13(2,16-6)14(3,4)17-12-10-8-7-9-11(12)15-5;1-3-4-2;3*1-2/h7-9H,6H2,1-5H3;7-10H,1-6H3;3-4H,1-2H3;3*1-2H3/b;;4-3-;;;. The normalized spacial score (nSPS) is 13.2. The summed E-state index contributed by atoms with van der Waals surface area (Å²) in [7, 11) is 8.03. The highest BCUT2D eigenvalue weighted by atomic mass is 16.6. The number of rotatable bonds is 9. The Morgan fingerprint density at radius 3 is 1.52 bits per heavy atom. The van der Waals surface area contributed by atoms with Gasteiger partial charge in [0.05, 0.1) is 40.2 Å². The van der Waals surface area contributed by atoms with Gasteiger partial charge < -0.3 is 28.4 Å². The Balaban J connectivity index is -0.000000673. The highest BCUT2D eigenvalue weighted by Crippen LogP contribution is 2.39. The van der Waals surface area contributed by atoms with Gasteiger partial charge >= 0.3 is 0 Å². The summed E-state index contributed by atoms with van der Waals surface area (Å²) in [4.78, 5) is 11.5. The largest absolute Gasteiger partial charge is 0.493 e. The van der Waals surface area contributed by atoms with Gasteiger partial charge in [0, 0.05) is 26.0 Å². The Morgan fingerprint density at radius 1 is 0.750 bits per heavy atom. The van der Waals surface area contributed by atoms with Crippen LogP contribution in [0.25, 0.3) is 0 Å². The zero-order valence-corrected chi connectivity index (χ0v) is 33.7. The molecule has 0 saturated carbocycles. The average Bonchev–Trinajstić information content (AvgIpc) is 3.52. The van der Waals surface area contributed by atoms with E-state index in [-0.39, 0.29) is 11.9 Å². The molecule has 0 aromatic heterocycles. The van der Waals surface area contributed by atoms with Crippen molar-refractivity contribution in [1.82, 2.24) is 5.01 Å².